The molecule has 0 atom stereocenters. The van der Waals surface area contributed by atoms with Crippen molar-refractivity contribution in [3.8, 4) is 0 Å². The lowest BCUT2D eigenvalue weighted by Crippen LogP contribution is -2.16. The summed E-state index contributed by atoms with van der Waals surface area (Å²) >= 11 is 0. The highest BCUT2D eigenvalue weighted by molar-refractivity contribution is 5.69. The van der Waals surface area contributed by atoms with Gasteiger partial charge in [0.1, 0.15) is 0 Å². The molecular weight excluding hydrogens is 158 g/mol. The summed E-state index contributed by atoms with van der Waals surface area (Å²) in [4.78, 5) is 18.9. The number of hydrogen-bond donors (Lipinski definition) is 2. The van der Waals surface area contributed by atoms with Gasteiger partial charge in [-0.05, 0) is 12.8 Å². The van der Waals surface area contributed by atoms with E-state index in [4.69, 9.17) is 9.90 Å². The molecule has 0 bridgehead atoms. The monoisotopic (exact) mass is 173 g/mol. The van der Waals surface area contributed by atoms with Crippen LogP contribution in [0.3, 0.4) is 0 Å². The number of primary amides is 1. The van der Waals surface area contributed by atoms with Crippen LogP contribution in [0.25, 0.3) is 0 Å². The second kappa shape index (κ2) is 6.64. The predicted molar refractivity (Wildman–Crippen MR) is 44.5 cm³/mol. The molecule has 0 spiro atoms. The topological polar surface area (TPSA) is 80.4 Å². The van der Waals surface area contributed by atoms with Crippen molar-refractivity contribution in [3.63, 3.8) is 0 Å². The number of rotatable bonds is 1. The van der Waals surface area contributed by atoms with Gasteiger partial charge in [-0.2, -0.15) is 0 Å². The Kier molecular flexibility index (Phi) is 6.05. The molecule has 0 aromatic carbocycles. The van der Waals surface area contributed by atoms with E-state index in [1.807, 2.05) is 0 Å². The number of amides is 1. The number of carbonyl (C=O) groups is 2. The molecule has 0 aromatic rings. The lowest BCUT2D eigenvalue weighted by molar-refractivity contribution is -0.142. The van der Waals surface area contributed by atoms with Gasteiger partial charge in [-0.15, -0.1) is 0 Å². The molecule has 1 aliphatic carbocycles. The molecule has 1 fully saturated rings. The highest BCUT2D eigenvalue weighted by Gasteiger charge is 2.19. The zero-order valence-corrected chi connectivity index (χ0v) is 7.03. The summed E-state index contributed by atoms with van der Waals surface area (Å²) in [5.74, 6) is -0.631. The molecule has 0 saturated heterocycles. The molecule has 0 radical (unpaired) electrons. The fourth-order valence-electron chi connectivity index (χ4n) is 1.35. The number of carboxylic acid groups (broad SMARTS) is 1. The normalized spacial score (nSPS) is 17.3. The third-order valence-electron chi connectivity index (χ3n) is 1.95. The van der Waals surface area contributed by atoms with E-state index < -0.39 is 5.97 Å². The van der Waals surface area contributed by atoms with Crippen LogP contribution in [-0.4, -0.2) is 17.5 Å². The predicted octanol–water partition coefficient (Wildman–Crippen LogP) is 0.753. The number of hydrogen-bond acceptors (Lipinski definition) is 2. The Morgan fingerprint density at radius 1 is 1.33 bits per heavy atom. The van der Waals surface area contributed by atoms with Crippen molar-refractivity contribution in [2.24, 2.45) is 11.7 Å². The van der Waals surface area contributed by atoms with Gasteiger partial charge in [-0.1, -0.05) is 19.3 Å². The molecule has 1 rings (SSSR count). The first-order chi connectivity index (χ1) is 5.72. The van der Waals surface area contributed by atoms with Crippen LogP contribution < -0.4 is 5.73 Å². The van der Waals surface area contributed by atoms with Crippen LogP contribution in [-0.2, 0) is 9.59 Å². The minimum absolute atomic E-state index is 0.0289. The van der Waals surface area contributed by atoms with Gasteiger partial charge in [-0.25, -0.2) is 0 Å². The van der Waals surface area contributed by atoms with Crippen LogP contribution in [0.4, 0.5) is 0 Å². The lowest BCUT2D eigenvalue weighted by atomic mass is 9.90. The third-order valence-corrected chi connectivity index (χ3v) is 1.95. The van der Waals surface area contributed by atoms with E-state index >= 15 is 0 Å². The molecule has 0 heterocycles. The van der Waals surface area contributed by atoms with Gasteiger partial charge < -0.3 is 10.8 Å². The van der Waals surface area contributed by atoms with Crippen molar-refractivity contribution >= 4 is 12.4 Å². The standard InChI is InChI=1S/C7H12O2.CH3NO/c8-7(9)6-4-2-1-3-5-6;2-1-3/h6H,1-5H2,(H,8,9);1H,(H2,2,3). The first-order valence-corrected chi connectivity index (χ1v) is 4.10. The average molecular weight is 173 g/mol. The molecule has 1 saturated carbocycles. The second-order valence-corrected chi connectivity index (χ2v) is 2.81. The first-order valence-electron chi connectivity index (χ1n) is 4.10. The second-order valence-electron chi connectivity index (χ2n) is 2.81. The number of nitrogens with two attached hydrogens (primary N) is 1. The quantitative estimate of drug-likeness (QED) is 0.574. The Morgan fingerprint density at radius 2 is 1.75 bits per heavy atom. The first kappa shape index (κ1) is 10.9. The summed E-state index contributed by atoms with van der Waals surface area (Å²) in [6.45, 7) is 0. The molecule has 4 nitrogen and oxygen atoms in total. The van der Waals surface area contributed by atoms with Crippen LogP contribution in [0.5, 0.6) is 0 Å². The number of aliphatic carboxylic acids is 1. The molecule has 3 N–H and O–H groups in total. The smallest absolute Gasteiger partial charge is 0.306 e. The summed E-state index contributed by atoms with van der Waals surface area (Å²) in [7, 11) is 0. The minimum Gasteiger partial charge on any atom is -0.481 e. The average Bonchev–Trinajstić information content (AvgIpc) is 2.07. The summed E-state index contributed by atoms with van der Waals surface area (Å²) in [6.07, 6.45) is 5.49. The fourth-order valence-corrected chi connectivity index (χ4v) is 1.35. The van der Waals surface area contributed by atoms with Crippen LogP contribution in [0, 0.1) is 5.92 Å². The van der Waals surface area contributed by atoms with Crippen molar-refractivity contribution in [2.45, 2.75) is 32.1 Å². The van der Waals surface area contributed by atoms with Gasteiger partial charge in [-0.3, -0.25) is 9.59 Å². The van der Waals surface area contributed by atoms with Gasteiger partial charge in [0.25, 0.3) is 0 Å². The molecule has 1 aliphatic rings. The Bertz CT molecular complexity index is 141. The summed E-state index contributed by atoms with van der Waals surface area (Å²) in [5.41, 5.74) is 4.17. The van der Waals surface area contributed by atoms with Crippen LogP contribution in [0.1, 0.15) is 32.1 Å². The van der Waals surface area contributed by atoms with E-state index in [-0.39, 0.29) is 12.3 Å². The SMILES string of the molecule is NC=O.O=C(O)C1CCCCC1. The summed E-state index contributed by atoms with van der Waals surface area (Å²) in [6, 6.07) is 0. The third kappa shape index (κ3) is 4.71. The highest BCUT2D eigenvalue weighted by atomic mass is 16.4. The lowest BCUT2D eigenvalue weighted by Gasteiger charge is -2.16. The molecule has 70 valence electrons. The van der Waals surface area contributed by atoms with Crippen molar-refractivity contribution in [2.75, 3.05) is 0 Å². The molecule has 0 aliphatic heterocycles. The van der Waals surface area contributed by atoms with Gasteiger partial charge in [0.2, 0.25) is 6.41 Å². The van der Waals surface area contributed by atoms with Gasteiger partial charge in [0.05, 0.1) is 5.92 Å². The Hall–Kier alpha value is -1.06. The van der Waals surface area contributed by atoms with Gasteiger partial charge >= 0.3 is 5.97 Å². The molecule has 4 heteroatoms. The van der Waals surface area contributed by atoms with Crippen molar-refractivity contribution < 1.29 is 14.7 Å². The molecule has 1 amide bonds. The van der Waals surface area contributed by atoms with Crippen molar-refractivity contribution in [3.05, 3.63) is 0 Å². The summed E-state index contributed by atoms with van der Waals surface area (Å²) < 4.78 is 0. The molecule has 12 heavy (non-hydrogen) atoms. The van der Waals surface area contributed by atoms with E-state index in [0.29, 0.717) is 0 Å². The van der Waals surface area contributed by atoms with Crippen molar-refractivity contribution in [1.29, 1.82) is 0 Å². The van der Waals surface area contributed by atoms with E-state index in [2.05, 4.69) is 5.73 Å². The summed E-state index contributed by atoms with van der Waals surface area (Å²) in [5, 5.41) is 8.54. The van der Waals surface area contributed by atoms with Gasteiger partial charge in [0, 0.05) is 0 Å². The zero-order valence-electron chi connectivity index (χ0n) is 7.03. The Balaban J connectivity index is 0.000000354. The maximum atomic E-state index is 10.4. The van der Waals surface area contributed by atoms with Crippen LogP contribution in [0.15, 0.2) is 0 Å². The van der Waals surface area contributed by atoms with Crippen molar-refractivity contribution in [1.82, 2.24) is 0 Å². The highest BCUT2D eigenvalue weighted by Crippen LogP contribution is 2.23. The maximum Gasteiger partial charge on any atom is 0.306 e. The Labute approximate surface area is 71.8 Å². The molecular formula is C8H15NO3. The maximum absolute atomic E-state index is 10.4. The van der Waals surface area contributed by atoms with Gasteiger partial charge in [0.15, 0.2) is 0 Å². The minimum atomic E-state index is -0.602. The fraction of sp³-hybridized carbons (Fsp3) is 0.750. The largest absolute Gasteiger partial charge is 0.481 e. The number of carboxylic acids is 1. The zero-order chi connectivity index (χ0) is 9.40. The van der Waals surface area contributed by atoms with E-state index in [1.165, 1.54) is 6.42 Å². The van der Waals surface area contributed by atoms with E-state index in [9.17, 15) is 4.79 Å². The van der Waals surface area contributed by atoms with E-state index in [0.717, 1.165) is 25.7 Å². The van der Waals surface area contributed by atoms with Crippen LogP contribution >= 0.6 is 0 Å². The molecule has 0 unspecified atom stereocenters. The Morgan fingerprint density at radius 3 is 2.00 bits per heavy atom. The molecule has 0 aromatic heterocycles. The van der Waals surface area contributed by atoms with Crippen LogP contribution in [0.2, 0.25) is 0 Å². The number of carbonyl (C=O) groups excluding carboxylic acids is 1. The van der Waals surface area contributed by atoms with E-state index in [1.54, 1.807) is 0 Å².